The van der Waals surface area contributed by atoms with Crippen LogP contribution < -0.4 is 10.6 Å². The molecule has 204 valence electrons. The summed E-state index contributed by atoms with van der Waals surface area (Å²) < 4.78 is 5.29. The zero-order valence-electron chi connectivity index (χ0n) is 23.3. The number of nitrogens with zero attached hydrogens (tertiary/aromatic N) is 1. The first-order valence-electron chi connectivity index (χ1n) is 13.2. The van der Waals surface area contributed by atoms with Crippen molar-refractivity contribution in [2.75, 3.05) is 19.7 Å². The number of hydrogen-bond acceptors (Lipinski definition) is 5. The van der Waals surface area contributed by atoms with E-state index in [-0.39, 0.29) is 5.91 Å². The number of benzene rings is 1. The van der Waals surface area contributed by atoms with Crippen LogP contribution in [0.25, 0.3) is 0 Å². The largest absolute Gasteiger partial charge is 0.444 e. The van der Waals surface area contributed by atoms with Crippen molar-refractivity contribution in [1.82, 2.24) is 15.5 Å². The van der Waals surface area contributed by atoms with Gasteiger partial charge in [-0.05, 0) is 64.2 Å². The zero-order chi connectivity index (χ0) is 27.3. The lowest BCUT2D eigenvalue weighted by atomic mass is 9.98. The number of nitrogens with one attached hydrogen (secondary N) is 2. The first-order chi connectivity index (χ1) is 16.9. The van der Waals surface area contributed by atoms with Gasteiger partial charge in [0.05, 0.1) is 6.61 Å². The number of alkyl carbamates (subject to hydrolysis) is 1. The van der Waals surface area contributed by atoms with Gasteiger partial charge in [0.1, 0.15) is 17.7 Å². The summed E-state index contributed by atoms with van der Waals surface area (Å²) in [7, 11) is 0. The molecular weight excluding hydrogens is 458 g/mol. The molecule has 3 N–H and O–H groups in total. The molecule has 0 aromatic heterocycles. The topological polar surface area (TPSA) is 108 Å². The van der Waals surface area contributed by atoms with Crippen LogP contribution >= 0.6 is 0 Å². The van der Waals surface area contributed by atoms with Crippen LogP contribution in [0.2, 0.25) is 0 Å². The highest BCUT2D eigenvalue weighted by molar-refractivity contribution is 5.92. The molecule has 8 nitrogen and oxygen atoms in total. The van der Waals surface area contributed by atoms with Crippen LogP contribution in [0.1, 0.15) is 95.9 Å². The third-order valence-corrected chi connectivity index (χ3v) is 5.94. The first kappa shape index (κ1) is 31.4. The van der Waals surface area contributed by atoms with Crippen LogP contribution in [0.4, 0.5) is 4.79 Å². The molecule has 36 heavy (non-hydrogen) atoms. The van der Waals surface area contributed by atoms with E-state index in [1.54, 1.807) is 20.8 Å². The maximum atomic E-state index is 13.8. The van der Waals surface area contributed by atoms with Crippen molar-refractivity contribution in [1.29, 1.82) is 0 Å². The first-order valence-corrected chi connectivity index (χ1v) is 13.2. The maximum absolute atomic E-state index is 13.8. The second-order valence-electron chi connectivity index (χ2n) is 10.4. The molecule has 1 rings (SSSR count). The minimum absolute atomic E-state index is 0.274. The number of aliphatic hydroxyl groups excluding tert-OH is 1. The summed E-state index contributed by atoms with van der Waals surface area (Å²) in [5.74, 6) is -0.793. The second-order valence-corrected chi connectivity index (χ2v) is 10.4. The molecule has 2 unspecified atom stereocenters. The lowest BCUT2D eigenvalue weighted by Gasteiger charge is -2.34. The van der Waals surface area contributed by atoms with Gasteiger partial charge in [-0.25, -0.2) is 4.79 Å². The van der Waals surface area contributed by atoms with Crippen molar-refractivity contribution in [3.05, 3.63) is 34.9 Å². The van der Waals surface area contributed by atoms with Crippen LogP contribution in [0.5, 0.6) is 0 Å². The predicted octanol–water partition coefficient (Wildman–Crippen LogP) is 4.56. The Labute approximate surface area is 217 Å². The lowest BCUT2D eigenvalue weighted by Crippen LogP contribution is -2.54. The fourth-order valence-electron chi connectivity index (χ4n) is 3.80. The number of ether oxygens (including phenoxy) is 1. The Bertz CT molecular complexity index is 850. The van der Waals surface area contributed by atoms with E-state index in [1.807, 2.05) is 39.0 Å². The van der Waals surface area contributed by atoms with Gasteiger partial charge < -0.3 is 25.4 Å². The van der Waals surface area contributed by atoms with Crippen LogP contribution in [-0.4, -0.2) is 59.3 Å². The fourth-order valence-corrected chi connectivity index (χ4v) is 3.80. The Hall–Kier alpha value is -2.61. The van der Waals surface area contributed by atoms with Gasteiger partial charge in [0.15, 0.2) is 0 Å². The molecule has 2 atom stereocenters. The monoisotopic (exact) mass is 505 g/mol. The second kappa shape index (κ2) is 15.5. The van der Waals surface area contributed by atoms with Gasteiger partial charge in [0.25, 0.3) is 0 Å². The fraction of sp³-hybridized carbons (Fsp3) is 0.679. The number of hydrogen-bond donors (Lipinski definition) is 3. The van der Waals surface area contributed by atoms with E-state index < -0.39 is 36.3 Å². The van der Waals surface area contributed by atoms with Gasteiger partial charge in [-0.1, -0.05) is 57.7 Å². The summed E-state index contributed by atoms with van der Waals surface area (Å²) in [5.41, 5.74) is 2.05. The predicted molar refractivity (Wildman–Crippen MR) is 143 cm³/mol. The van der Waals surface area contributed by atoms with Crippen molar-refractivity contribution < 1.29 is 24.2 Å². The van der Waals surface area contributed by atoms with Gasteiger partial charge in [-0.2, -0.15) is 0 Å². The highest BCUT2D eigenvalue weighted by atomic mass is 16.6. The average molecular weight is 506 g/mol. The van der Waals surface area contributed by atoms with Crippen molar-refractivity contribution in [2.24, 2.45) is 0 Å². The van der Waals surface area contributed by atoms with E-state index in [0.29, 0.717) is 25.1 Å². The third kappa shape index (κ3) is 10.6. The van der Waals surface area contributed by atoms with E-state index >= 15 is 0 Å². The Balaban J connectivity index is 3.38. The molecule has 0 radical (unpaired) electrons. The molecule has 0 spiro atoms. The van der Waals surface area contributed by atoms with Crippen molar-refractivity contribution in [3.63, 3.8) is 0 Å². The molecule has 0 aliphatic carbocycles. The molecular formula is C28H47N3O5. The number of amides is 3. The molecule has 1 aromatic carbocycles. The van der Waals surface area contributed by atoms with Gasteiger partial charge >= 0.3 is 6.09 Å². The molecule has 0 aliphatic rings. The molecule has 0 saturated heterocycles. The van der Waals surface area contributed by atoms with E-state index in [9.17, 15) is 19.5 Å². The number of rotatable bonds is 14. The van der Waals surface area contributed by atoms with E-state index in [0.717, 1.165) is 43.2 Å². The molecule has 1 aromatic rings. The van der Waals surface area contributed by atoms with Crippen LogP contribution in [0.15, 0.2) is 18.2 Å². The maximum Gasteiger partial charge on any atom is 0.408 e. The van der Waals surface area contributed by atoms with Crippen LogP contribution in [0, 0.1) is 13.8 Å². The molecule has 0 fully saturated rings. The SMILES string of the molecule is CCCCCCN(C(=O)C(CO)NC(=O)OC(C)(C)C)C(C(=O)NCCCC)c1ccc(C)c(C)c1. The summed E-state index contributed by atoms with van der Waals surface area (Å²) in [6.07, 6.45) is 4.62. The normalized spacial score (nSPS) is 13.0. The van der Waals surface area contributed by atoms with E-state index in [1.165, 1.54) is 4.90 Å². The minimum Gasteiger partial charge on any atom is -0.444 e. The number of carbonyl (C=O) groups excluding carboxylic acids is 3. The number of unbranched alkanes of at least 4 members (excludes halogenated alkanes) is 4. The summed E-state index contributed by atoms with van der Waals surface area (Å²) in [4.78, 5) is 41.1. The lowest BCUT2D eigenvalue weighted by molar-refractivity contribution is -0.143. The number of carbonyl (C=O) groups is 3. The van der Waals surface area contributed by atoms with Crippen molar-refractivity contribution in [3.8, 4) is 0 Å². The van der Waals surface area contributed by atoms with Crippen LogP contribution in [0.3, 0.4) is 0 Å². The van der Waals surface area contributed by atoms with E-state index in [2.05, 4.69) is 17.6 Å². The molecule has 0 saturated carbocycles. The average Bonchev–Trinajstić information content (AvgIpc) is 2.80. The van der Waals surface area contributed by atoms with Gasteiger partial charge in [0, 0.05) is 13.1 Å². The molecule has 0 aliphatic heterocycles. The minimum atomic E-state index is -1.23. The Kier molecular flexibility index (Phi) is 13.5. The summed E-state index contributed by atoms with van der Waals surface area (Å²) >= 11 is 0. The van der Waals surface area contributed by atoms with Gasteiger partial charge in [0.2, 0.25) is 11.8 Å². The van der Waals surface area contributed by atoms with Crippen molar-refractivity contribution >= 4 is 17.9 Å². The third-order valence-electron chi connectivity index (χ3n) is 5.94. The van der Waals surface area contributed by atoms with Gasteiger partial charge in [-0.15, -0.1) is 0 Å². The smallest absolute Gasteiger partial charge is 0.408 e. The number of aliphatic hydroxyl groups is 1. The quantitative estimate of drug-likeness (QED) is 0.321. The Morgan fingerprint density at radius 3 is 2.22 bits per heavy atom. The van der Waals surface area contributed by atoms with Crippen molar-refractivity contribution in [2.45, 2.75) is 105 Å². The standard InChI is InChI=1S/C28H47N3O5/c1-8-10-12-13-17-31(26(34)23(19-32)30-27(35)36-28(5,6)7)24(25(33)29-16-11-9-2)22-15-14-20(3)21(4)18-22/h14-15,18,23-24,32H,8-13,16-17,19H2,1-7H3,(H,29,33)(H,30,35). The molecule has 0 heterocycles. The summed E-state index contributed by atoms with van der Waals surface area (Å²) in [6, 6.07) is 3.63. The Morgan fingerprint density at radius 2 is 1.67 bits per heavy atom. The molecule has 0 bridgehead atoms. The highest BCUT2D eigenvalue weighted by Gasteiger charge is 2.36. The molecule has 3 amide bonds. The zero-order valence-corrected chi connectivity index (χ0v) is 23.3. The van der Waals surface area contributed by atoms with Crippen LogP contribution in [-0.2, 0) is 14.3 Å². The Morgan fingerprint density at radius 1 is 1.00 bits per heavy atom. The molecule has 8 heteroatoms. The summed E-state index contributed by atoms with van der Waals surface area (Å²) in [6.45, 7) is 13.5. The highest BCUT2D eigenvalue weighted by Crippen LogP contribution is 2.25. The van der Waals surface area contributed by atoms with Gasteiger partial charge in [-0.3, -0.25) is 9.59 Å². The summed E-state index contributed by atoms with van der Waals surface area (Å²) in [5, 5.41) is 15.5. The number of aryl methyl sites for hydroxylation is 2. The van der Waals surface area contributed by atoms with E-state index in [4.69, 9.17) is 4.74 Å².